The standard InChI is InChI=1S/C18H29N5O2/c1-14(18(24)23-8-2-3-9-23)22-10-4-7-21(11-12-22)13-16-19-17(25-20-16)15-5-6-15/h14-15H,2-13H2,1H3. The lowest BCUT2D eigenvalue weighted by Crippen LogP contribution is -2.47. The minimum atomic E-state index is -0.00954. The lowest BCUT2D eigenvalue weighted by atomic mass is 10.2. The van der Waals surface area contributed by atoms with Crippen LogP contribution in [0.5, 0.6) is 0 Å². The van der Waals surface area contributed by atoms with Crippen LogP contribution in [0, 0.1) is 0 Å². The summed E-state index contributed by atoms with van der Waals surface area (Å²) in [6.45, 7) is 8.56. The van der Waals surface area contributed by atoms with E-state index in [0.717, 1.165) is 76.8 Å². The number of likely N-dealkylation sites (tertiary alicyclic amines) is 1. The van der Waals surface area contributed by atoms with Gasteiger partial charge >= 0.3 is 0 Å². The molecule has 1 saturated carbocycles. The summed E-state index contributed by atoms with van der Waals surface area (Å²) >= 11 is 0. The highest BCUT2D eigenvalue weighted by Crippen LogP contribution is 2.38. The van der Waals surface area contributed by atoms with Crippen molar-refractivity contribution in [2.75, 3.05) is 39.3 Å². The zero-order valence-electron chi connectivity index (χ0n) is 15.2. The molecule has 1 aromatic rings. The summed E-state index contributed by atoms with van der Waals surface area (Å²) in [4.78, 5) is 23.9. The Kier molecular flexibility index (Phi) is 5.03. The van der Waals surface area contributed by atoms with Gasteiger partial charge in [0.1, 0.15) is 0 Å². The number of amides is 1. The van der Waals surface area contributed by atoms with Gasteiger partial charge in [-0.3, -0.25) is 14.6 Å². The molecule has 1 amide bonds. The van der Waals surface area contributed by atoms with E-state index in [9.17, 15) is 4.79 Å². The molecule has 7 nitrogen and oxygen atoms in total. The first kappa shape index (κ1) is 17.0. The molecule has 1 unspecified atom stereocenters. The number of carbonyl (C=O) groups excluding carboxylic acids is 1. The van der Waals surface area contributed by atoms with E-state index >= 15 is 0 Å². The van der Waals surface area contributed by atoms with Crippen LogP contribution in [-0.4, -0.2) is 76.1 Å². The first-order chi connectivity index (χ1) is 12.2. The summed E-state index contributed by atoms with van der Waals surface area (Å²) in [5.74, 6) is 2.43. The van der Waals surface area contributed by atoms with Crippen LogP contribution in [0.2, 0.25) is 0 Å². The van der Waals surface area contributed by atoms with Crippen LogP contribution in [0.3, 0.4) is 0 Å². The van der Waals surface area contributed by atoms with Gasteiger partial charge in [-0.1, -0.05) is 5.16 Å². The van der Waals surface area contributed by atoms with Crippen molar-refractivity contribution < 1.29 is 9.32 Å². The number of nitrogens with zero attached hydrogens (tertiary/aromatic N) is 5. The zero-order chi connectivity index (χ0) is 17.2. The van der Waals surface area contributed by atoms with E-state index in [0.29, 0.717) is 11.8 Å². The third-order valence-electron chi connectivity index (χ3n) is 5.72. The van der Waals surface area contributed by atoms with E-state index in [2.05, 4.69) is 26.9 Å². The zero-order valence-corrected chi connectivity index (χ0v) is 15.2. The van der Waals surface area contributed by atoms with E-state index in [-0.39, 0.29) is 6.04 Å². The second kappa shape index (κ2) is 7.41. The van der Waals surface area contributed by atoms with Gasteiger partial charge in [-0.15, -0.1) is 0 Å². The van der Waals surface area contributed by atoms with Crippen molar-refractivity contribution in [2.45, 2.75) is 57.5 Å². The van der Waals surface area contributed by atoms with Crippen molar-refractivity contribution in [3.8, 4) is 0 Å². The van der Waals surface area contributed by atoms with Gasteiger partial charge in [-0.2, -0.15) is 4.98 Å². The maximum absolute atomic E-state index is 12.6. The van der Waals surface area contributed by atoms with Gasteiger partial charge in [0.05, 0.1) is 12.6 Å². The number of carbonyl (C=O) groups is 1. The van der Waals surface area contributed by atoms with Crippen LogP contribution in [0.15, 0.2) is 4.52 Å². The van der Waals surface area contributed by atoms with Crippen LogP contribution >= 0.6 is 0 Å². The Labute approximate surface area is 149 Å². The molecule has 1 aliphatic carbocycles. The van der Waals surface area contributed by atoms with E-state index in [4.69, 9.17) is 4.52 Å². The van der Waals surface area contributed by atoms with Crippen LogP contribution in [-0.2, 0) is 11.3 Å². The van der Waals surface area contributed by atoms with Crippen molar-refractivity contribution in [3.63, 3.8) is 0 Å². The molecule has 4 rings (SSSR count). The smallest absolute Gasteiger partial charge is 0.239 e. The van der Waals surface area contributed by atoms with Gasteiger partial charge in [0.2, 0.25) is 11.8 Å². The quantitative estimate of drug-likeness (QED) is 0.803. The highest BCUT2D eigenvalue weighted by Gasteiger charge is 2.31. The number of rotatable bonds is 5. The summed E-state index contributed by atoms with van der Waals surface area (Å²) in [5, 5.41) is 4.13. The van der Waals surface area contributed by atoms with E-state index in [1.807, 2.05) is 4.90 Å². The fraction of sp³-hybridized carbons (Fsp3) is 0.833. The van der Waals surface area contributed by atoms with Gasteiger partial charge in [-0.05, 0) is 45.6 Å². The SMILES string of the molecule is CC(C(=O)N1CCCC1)N1CCCN(Cc2noc(C3CC3)n2)CC1. The Morgan fingerprint density at radius 1 is 1.12 bits per heavy atom. The molecule has 25 heavy (non-hydrogen) atoms. The van der Waals surface area contributed by atoms with Crippen molar-refractivity contribution in [1.82, 2.24) is 24.8 Å². The second-order valence-corrected chi connectivity index (χ2v) is 7.70. The topological polar surface area (TPSA) is 65.7 Å². The number of hydrogen-bond donors (Lipinski definition) is 0. The van der Waals surface area contributed by atoms with Gasteiger partial charge < -0.3 is 9.42 Å². The molecule has 3 fully saturated rings. The van der Waals surface area contributed by atoms with Crippen molar-refractivity contribution >= 4 is 5.91 Å². The highest BCUT2D eigenvalue weighted by atomic mass is 16.5. The third kappa shape index (κ3) is 4.03. The van der Waals surface area contributed by atoms with Crippen LogP contribution in [0.1, 0.15) is 56.7 Å². The van der Waals surface area contributed by atoms with Crippen molar-refractivity contribution in [2.24, 2.45) is 0 Å². The fourth-order valence-electron chi connectivity index (χ4n) is 3.92. The molecule has 2 saturated heterocycles. The molecule has 0 N–H and O–H groups in total. The second-order valence-electron chi connectivity index (χ2n) is 7.70. The molecule has 1 atom stereocenters. The molecule has 1 aromatic heterocycles. The van der Waals surface area contributed by atoms with E-state index in [1.54, 1.807) is 0 Å². The monoisotopic (exact) mass is 347 g/mol. The molecule has 3 aliphatic rings. The molecule has 3 heterocycles. The Morgan fingerprint density at radius 2 is 1.92 bits per heavy atom. The molecular weight excluding hydrogens is 318 g/mol. The Balaban J connectivity index is 1.29. The predicted molar refractivity (Wildman–Crippen MR) is 93.0 cm³/mol. The molecular formula is C18H29N5O2. The molecule has 7 heteroatoms. The molecule has 2 aliphatic heterocycles. The van der Waals surface area contributed by atoms with Crippen LogP contribution in [0.4, 0.5) is 0 Å². The summed E-state index contributed by atoms with van der Waals surface area (Å²) in [6, 6.07) is -0.00954. The number of aromatic nitrogens is 2. The maximum Gasteiger partial charge on any atom is 0.239 e. The summed E-state index contributed by atoms with van der Waals surface area (Å²) in [7, 11) is 0. The van der Waals surface area contributed by atoms with Crippen molar-refractivity contribution in [3.05, 3.63) is 11.7 Å². The Bertz CT molecular complexity index is 594. The Hall–Kier alpha value is -1.47. The van der Waals surface area contributed by atoms with Crippen LogP contribution in [0.25, 0.3) is 0 Å². The summed E-state index contributed by atoms with van der Waals surface area (Å²) in [6.07, 6.45) is 5.75. The molecule has 138 valence electrons. The number of hydrogen-bond acceptors (Lipinski definition) is 6. The van der Waals surface area contributed by atoms with Crippen molar-refractivity contribution in [1.29, 1.82) is 0 Å². The third-order valence-corrected chi connectivity index (χ3v) is 5.72. The fourth-order valence-corrected chi connectivity index (χ4v) is 3.92. The van der Waals surface area contributed by atoms with E-state index < -0.39 is 0 Å². The summed E-state index contributed by atoms with van der Waals surface area (Å²) in [5.41, 5.74) is 0. The first-order valence-corrected chi connectivity index (χ1v) is 9.78. The lowest BCUT2D eigenvalue weighted by Gasteiger charge is -2.30. The molecule has 0 bridgehead atoms. The molecule has 0 spiro atoms. The Morgan fingerprint density at radius 3 is 2.68 bits per heavy atom. The van der Waals surface area contributed by atoms with Gasteiger partial charge in [0.25, 0.3) is 0 Å². The largest absolute Gasteiger partial charge is 0.341 e. The first-order valence-electron chi connectivity index (χ1n) is 9.78. The average molecular weight is 347 g/mol. The predicted octanol–water partition coefficient (Wildman–Crippen LogP) is 1.47. The minimum Gasteiger partial charge on any atom is -0.341 e. The lowest BCUT2D eigenvalue weighted by molar-refractivity contribution is -0.135. The molecule has 0 aromatic carbocycles. The minimum absolute atomic E-state index is 0.00954. The van der Waals surface area contributed by atoms with Gasteiger partial charge in [0, 0.05) is 38.6 Å². The van der Waals surface area contributed by atoms with Gasteiger partial charge in [0.15, 0.2) is 5.82 Å². The highest BCUT2D eigenvalue weighted by molar-refractivity contribution is 5.81. The maximum atomic E-state index is 12.6. The normalized spacial score (nSPS) is 24.4. The van der Waals surface area contributed by atoms with Crippen LogP contribution < -0.4 is 0 Å². The summed E-state index contributed by atoms with van der Waals surface area (Å²) < 4.78 is 5.36. The average Bonchev–Trinajstić information content (AvgIpc) is 3.20. The van der Waals surface area contributed by atoms with Gasteiger partial charge in [-0.25, -0.2) is 0 Å². The van der Waals surface area contributed by atoms with E-state index in [1.165, 1.54) is 12.8 Å². The molecule has 0 radical (unpaired) electrons.